The number of aromatic nitrogens is 3. The van der Waals surface area contributed by atoms with Gasteiger partial charge in [-0.1, -0.05) is 24.3 Å². The average Bonchev–Trinajstić information content (AvgIpc) is 3.50. The zero-order valence-corrected chi connectivity index (χ0v) is 20.5. The molecule has 2 amide bonds. The molecule has 0 aliphatic heterocycles. The van der Waals surface area contributed by atoms with E-state index in [0.29, 0.717) is 29.6 Å². The standard InChI is InChI=1S/C26H27N5O3S/c1-18(32)27-13-3-4-19-5-7-20(8-6-19)23-17-35-26(29-23)30-25(33)21-9-11-22(12-10-21)34-16-24-28-14-15-31(24)2/h5-12,14-15,17H,3-4,13,16H2,1-2H3,(H,27,32)(H,29,30,33). The van der Waals surface area contributed by atoms with Crippen LogP contribution < -0.4 is 15.4 Å². The predicted octanol–water partition coefficient (Wildman–Crippen LogP) is 4.44. The lowest BCUT2D eigenvalue weighted by Crippen LogP contribution is -2.21. The minimum atomic E-state index is -0.226. The third kappa shape index (κ3) is 6.77. The number of nitrogens with one attached hydrogen (secondary N) is 2. The molecular formula is C26H27N5O3S. The number of thiazole rings is 1. The van der Waals surface area contributed by atoms with E-state index in [0.717, 1.165) is 29.9 Å². The molecule has 0 aliphatic carbocycles. The van der Waals surface area contributed by atoms with E-state index >= 15 is 0 Å². The largest absolute Gasteiger partial charge is 0.486 e. The van der Waals surface area contributed by atoms with Crippen LogP contribution in [-0.4, -0.2) is 32.9 Å². The molecule has 2 aromatic heterocycles. The Morgan fingerprint density at radius 1 is 1.09 bits per heavy atom. The minimum absolute atomic E-state index is 0.00523. The second-order valence-corrected chi connectivity index (χ2v) is 8.90. The molecule has 0 saturated carbocycles. The van der Waals surface area contributed by atoms with E-state index in [1.54, 1.807) is 30.5 Å². The third-order valence-electron chi connectivity index (χ3n) is 5.40. The van der Waals surface area contributed by atoms with E-state index in [1.807, 2.05) is 35.3 Å². The van der Waals surface area contributed by atoms with Crippen LogP contribution in [0.1, 0.15) is 35.1 Å². The van der Waals surface area contributed by atoms with Gasteiger partial charge in [0.1, 0.15) is 18.2 Å². The van der Waals surface area contributed by atoms with Crippen LogP contribution in [0.4, 0.5) is 5.13 Å². The molecule has 0 fully saturated rings. The summed E-state index contributed by atoms with van der Waals surface area (Å²) in [6.07, 6.45) is 5.38. The summed E-state index contributed by atoms with van der Waals surface area (Å²) in [7, 11) is 1.91. The highest BCUT2D eigenvalue weighted by Gasteiger charge is 2.11. The maximum Gasteiger partial charge on any atom is 0.257 e. The molecule has 35 heavy (non-hydrogen) atoms. The van der Waals surface area contributed by atoms with Crippen molar-refractivity contribution in [3.05, 3.63) is 83.3 Å². The van der Waals surface area contributed by atoms with Crippen LogP contribution in [0, 0.1) is 0 Å². The number of imidazole rings is 1. The summed E-state index contributed by atoms with van der Waals surface area (Å²) >= 11 is 1.38. The van der Waals surface area contributed by atoms with Gasteiger partial charge in [-0.15, -0.1) is 11.3 Å². The van der Waals surface area contributed by atoms with Gasteiger partial charge >= 0.3 is 0 Å². The molecule has 0 saturated heterocycles. The molecule has 2 N–H and O–H groups in total. The summed E-state index contributed by atoms with van der Waals surface area (Å²) in [5, 5.41) is 8.14. The van der Waals surface area contributed by atoms with Crippen molar-refractivity contribution in [2.45, 2.75) is 26.4 Å². The van der Waals surface area contributed by atoms with Gasteiger partial charge in [0.25, 0.3) is 5.91 Å². The Morgan fingerprint density at radius 3 is 2.54 bits per heavy atom. The minimum Gasteiger partial charge on any atom is -0.486 e. The zero-order valence-electron chi connectivity index (χ0n) is 19.7. The molecule has 2 heterocycles. The van der Waals surface area contributed by atoms with Gasteiger partial charge < -0.3 is 14.6 Å². The molecule has 0 aliphatic rings. The maximum absolute atomic E-state index is 12.6. The number of amides is 2. The lowest BCUT2D eigenvalue weighted by Gasteiger charge is -2.07. The molecule has 0 spiro atoms. The Hall–Kier alpha value is -3.98. The first-order valence-corrected chi connectivity index (χ1v) is 12.2. The van der Waals surface area contributed by atoms with E-state index in [9.17, 15) is 9.59 Å². The van der Waals surface area contributed by atoms with Gasteiger partial charge in [-0.2, -0.15) is 0 Å². The molecule has 2 aromatic carbocycles. The van der Waals surface area contributed by atoms with E-state index in [2.05, 4.69) is 32.7 Å². The first kappa shape index (κ1) is 24.2. The van der Waals surface area contributed by atoms with Crippen molar-refractivity contribution >= 4 is 28.3 Å². The summed E-state index contributed by atoms with van der Waals surface area (Å²) in [5.41, 5.74) is 3.53. The Morgan fingerprint density at radius 2 is 1.86 bits per heavy atom. The number of carbonyl (C=O) groups is 2. The quantitative estimate of drug-likeness (QED) is 0.321. The molecule has 4 rings (SSSR count). The van der Waals surface area contributed by atoms with Gasteiger partial charge in [-0.25, -0.2) is 9.97 Å². The third-order valence-corrected chi connectivity index (χ3v) is 6.15. The molecule has 4 aromatic rings. The van der Waals surface area contributed by atoms with Crippen LogP contribution >= 0.6 is 11.3 Å². The summed E-state index contributed by atoms with van der Waals surface area (Å²) in [4.78, 5) is 32.4. The van der Waals surface area contributed by atoms with E-state index in [1.165, 1.54) is 23.8 Å². The predicted molar refractivity (Wildman–Crippen MR) is 136 cm³/mol. The molecule has 0 radical (unpaired) electrons. The van der Waals surface area contributed by atoms with Crippen LogP contribution in [0.25, 0.3) is 11.3 Å². The number of aryl methyl sites for hydroxylation is 2. The van der Waals surface area contributed by atoms with Crippen molar-refractivity contribution < 1.29 is 14.3 Å². The van der Waals surface area contributed by atoms with Gasteiger partial charge in [-0.05, 0) is 42.7 Å². The van der Waals surface area contributed by atoms with Gasteiger partial charge in [0.05, 0.1) is 5.69 Å². The van der Waals surface area contributed by atoms with Crippen molar-refractivity contribution in [3.63, 3.8) is 0 Å². The molecule has 0 bridgehead atoms. The zero-order chi connectivity index (χ0) is 24.6. The molecule has 180 valence electrons. The Labute approximate surface area is 208 Å². The van der Waals surface area contributed by atoms with E-state index < -0.39 is 0 Å². The number of benzene rings is 2. The van der Waals surface area contributed by atoms with Crippen LogP contribution in [0.3, 0.4) is 0 Å². The summed E-state index contributed by atoms with van der Waals surface area (Å²) < 4.78 is 7.64. The summed E-state index contributed by atoms with van der Waals surface area (Å²) in [6, 6.07) is 15.2. The smallest absolute Gasteiger partial charge is 0.257 e. The highest BCUT2D eigenvalue weighted by atomic mass is 32.1. The van der Waals surface area contributed by atoms with Crippen LogP contribution in [-0.2, 0) is 24.9 Å². The van der Waals surface area contributed by atoms with Crippen LogP contribution in [0.15, 0.2) is 66.3 Å². The molecule has 8 nitrogen and oxygen atoms in total. The maximum atomic E-state index is 12.6. The number of hydrogen-bond donors (Lipinski definition) is 2. The number of ether oxygens (including phenoxy) is 1. The molecular weight excluding hydrogens is 462 g/mol. The van der Waals surface area contributed by atoms with E-state index in [-0.39, 0.29) is 11.8 Å². The van der Waals surface area contributed by atoms with Crippen LogP contribution in [0.2, 0.25) is 0 Å². The Bertz CT molecular complexity index is 1280. The van der Waals surface area contributed by atoms with Crippen molar-refractivity contribution in [3.8, 4) is 17.0 Å². The Balaban J connectivity index is 1.29. The first-order chi connectivity index (χ1) is 17.0. The van der Waals surface area contributed by atoms with Gasteiger partial charge in [0.15, 0.2) is 5.13 Å². The van der Waals surface area contributed by atoms with Gasteiger partial charge in [0, 0.05) is 49.4 Å². The SMILES string of the molecule is CC(=O)NCCCc1ccc(-c2csc(NC(=O)c3ccc(OCc4nccn4C)cc3)n2)cc1. The number of hydrogen-bond acceptors (Lipinski definition) is 6. The van der Waals surface area contributed by atoms with E-state index in [4.69, 9.17) is 4.74 Å². The molecule has 9 heteroatoms. The molecule has 0 unspecified atom stereocenters. The van der Waals surface area contributed by atoms with Gasteiger partial charge in [0.2, 0.25) is 5.91 Å². The summed E-state index contributed by atoms with van der Waals surface area (Å²) in [6.45, 7) is 2.55. The second kappa shape index (κ2) is 11.4. The fourth-order valence-corrected chi connectivity index (χ4v) is 4.13. The lowest BCUT2D eigenvalue weighted by molar-refractivity contribution is -0.118. The summed E-state index contributed by atoms with van der Waals surface area (Å²) in [5.74, 6) is 1.26. The number of anilines is 1. The highest BCUT2D eigenvalue weighted by Crippen LogP contribution is 2.26. The van der Waals surface area contributed by atoms with Crippen molar-refractivity contribution in [1.29, 1.82) is 0 Å². The highest BCUT2D eigenvalue weighted by molar-refractivity contribution is 7.14. The fourth-order valence-electron chi connectivity index (χ4n) is 3.42. The monoisotopic (exact) mass is 489 g/mol. The Kier molecular flexibility index (Phi) is 7.89. The molecule has 0 atom stereocenters. The normalized spacial score (nSPS) is 10.7. The number of rotatable bonds is 10. The second-order valence-electron chi connectivity index (χ2n) is 8.04. The first-order valence-electron chi connectivity index (χ1n) is 11.3. The van der Waals surface area contributed by atoms with Gasteiger partial charge in [-0.3, -0.25) is 14.9 Å². The topological polar surface area (TPSA) is 98.1 Å². The van der Waals surface area contributed by atoms with Crippen LogP contribution in [0.5, 0.6) is 5.75 Å². The number of nitrogens with zero attached hydrogens (tertiary/aromatic N) is 3. The van der Waals surface area contributed by atoms with Crippen molar-refractivity contribution in [2.24, 2.45) is 7.05 Å². The fraction of sp³-hybridized carbons (Fsp3) is 0.231. The lowest BCUT2D eigenvalue weighted by atomic mass is 10.1. The average molecular weight is 490 g/mol. The number of carbonyl (C=O) groups excluding carboxylic acids is 2. The van der Waals surface area contributed by atoms with Crippen molar-refractivity contribution in [2.75, 3.05) is 11.9 Å². The van der Waals surface area contributed by atoms with Crippen molar-refractivity contribution in [1.82, 2.24) is 19.9 Å².